The number of aliphatic hydroxyl groups is 1. The number of methoxy groups -OCH3 is 1. The lowest BCUT2D eigenvalue weighted by Crippen LogP contribution is -2.11. The van der Waals surface area contributed by atoms with E-state index in [-0.39, 0.29) is 6.61 Å². The van der Waals surface area contributed by atoms with Gasteiger partial charge in [0.25, 0.3) is 0 Å². The molecule has 0 bridgehead atoms. The lowest BCUT2D eigenvalue weighted by Gasteiger charge is -2.18. The van der Waals surface area contributed by atoms with Crippen molar-refractivity contribution in [1.82, 2.24) is 4.98 Å². The van der Waals surface area contributed by atoms with Gasteiger partial charge in [0.1, 0.15) is 11.6 Å². The van der Waals surface area contributed by atoms with E-state index in [0.717, 1.165) is 22.8 Å². The summed E-state index contributed by atoms with van der Waals surface area (Å²) in [4.78, 5) is 6.28. The molecule has 1 aromatic heterocycles. The molecule has 0 unspecified atom stereocenters. The molecule has 1 heterocycles. The zero-order valence-corrected chi connectivity index (χ0v) is 10.5. The summed E-state index contributed by atoms with van der Waals surface area (Å²) >= 11 is 0. The molecule has 2 rings (SSSR count). The average molecular weight is 244 g/mol. The SMILES string of the molecule is COc1ccc(N(C)c2ccc(CO)cn2)cc1. The predicted molar refractivity (Wildman–Crippen MR) is 71.2 cm³/mol. The van der Waals surface area contributed by atoms with Crippen molar-refractivity contribution in [3.8, 4) is 5.75 Å². The van der Waals surface area contributed by atoms with Crippen LogP contribution >= 0.6 is 0 Å². The van der Waals surface area contributed by atoms with E-state index in [1.54, 1.807) is 13.3 Å². The van der Waals surface area contributed by atoms with Gasteiger partial charge >= 0.3 is 0 Å². The molecule has 4 heteroatoms. The Morgan fingerprint density at radius 3 is 2.39 bits per heavy atom. The Hall–Kier alpha value is -2.07. The van der Waals surface area contributed by atoms with Gasteiger partial charge in [-0.05, 0) is 35.9 Å². The highest BCUT2D eigenvalue weighted by Crippen LogP contribution is 2.23. The van der Waals surface area contributed by atoms with Gasteiger partial charge in [-0.3, -0.25) is 0 Å². The smallest absolute Gasteiger partial charge is 0.132 e. The number of anilines is 2. The Morgan fingerprint density at radius 1 is 1.17 bits per heavy atom. The van der Waals surface area contributed by atoms with Crippen molar-refractivity contribution >= 4 is 11.5 Å². The van der Waals surface area contributed by atoms with Gasteiger partial charge in [0.2, 0.25) is 0 Å². The molecule has 0 aliphatic carbocycles. The fraction of sp³-hybridized carbons (Fsp3) is 0.214. The predicted octanol–water partition coefficient (Wildman–Crippen LogP) is 2.35. The molecule has 0 saturated heterocycles. The second kappa shape index (κ2) is 5.51. The second-order valence-electron chi connectivity index (χ2n) is 3.94. The summed E-state index contributed by atoms with van der Waals surface area (Å²) in [5, 5.41) is 8.97. The van der Waals surface area contributed by atoms with Crippen LogP contribution in [0.5, 0.6) is 5.75 Å². The van der Waals surface area contributed by atoms with Crippen molar-refractivity contribution < 1.29 is 9.84 Å². The van der Waals surface area contributed by atoms with Crippen molar-refractivity contribution in [3.63, 3.8) is 0 Å². The van der Waals surface area contributed by atoms with E-state index in [1.165, 1.54) is 0 Å². The van der Waals surface area contributed by atoms with Gasteiger partial charge in [-0.15, -0.1) is 0 Å². The molecule has 18 heavy (non-hydrogen) atoms. The van der Waals surface area contributed by atoms with Crippen LogP contribution in [0.25, 0.3) is 0 Å². The van der Waals surface area contributed by atoms with Crippen molar-refractivity contribution in [2.75, 3.05) is 19.1 Å². The van der Waals surface area contributed by atoms with E-state index in [2.05, 4.69) is 4.98 Å². The van der Waals surface area contributed by atoms with Crippen LogP contribution in [0.4, 0.5) is 11.5 Å². The van der Waals surface area contributed by atoms with Gasteiger partial charge in [0, 0.05) is 18.9 Å². The molecule has 1 aromatic carbocycles. The number of hydrogen-bond donors (Lipinski definition) is 1. The molecular formula is C14H16N2O2. The second-order valence-corrected chi connectivity index (χ2v) is 3.94. The van der Waals surface area contributed by atoms with Crippen LogP contribution < -0.4 is 9.64 Å². The quantitative estimate of drug-likeness (QED) is 0.896. The Balaban J connectivity index is 2.20. The number of aliphatic hydroxyl groups excluding tert-OH is 1. The highest BCUT2D eigenvalue weighted by molar-refractivity contribution is 5.59. The maximum absolute atomic E-state index is 8.97. The average Bonchev–Trinajstić information content (AvgIpc) is 2.47. The van der Waals surface area contributed by atoms with E-state index in [0.29, 0.717) is 0 Å². The number of rotatable bonds is 4. The van der Waals surface area contributed by atoms with Gasteiger partial charge in [-0.2, -0.15) is 0 Å². The number of pyridine rings is 1. The summed E-state index contributed by atoms with van der Waals surface area (Å²) in [6, 6.07) is 11.5. The van der Waals surface area contributed by atoms with Crippen molar-refractivity contribution in [1.29, 1.82) is 0 Å². The molecule has 0 aliphatic heterocycles. The first-order chi connectivity index (χ1) is 8.74. The molecule has 0 saturated carbocycles. The maximum Gasteiger partial charge on any atom is 0.132 e. The van der Waals surface area contributed by atoms with Crippen molar-refractivity contribution in [2.45, 2.75) is 6.61 Å². The standard InChI is InChI=1S/C14H16N2O2/c1-16(12-4-6-13(18-2)7-5-12)14-8-3-11(10-17)9-15-14/h3-9,17H,10H2,1-2H3. The van der Waals surface area contributed by atoms with Crippen LogP contribution in [0.15, 0.2) is 42.6 Å². The minimum Gasteiger partial charge on any atom is -0.497 e. The first-order valence-electron chi connectivity index (χ1n) is 5.68. The van der Waals surface area contributed by atoms with E-state index in [1.807, 2.05) is 48.3 Å². The third-order valence-corrected chi connectivity index (χ3v) is 2.80. The lowest BCUT2D eigenvalue weighted by atomic mass is 10.2. The first kappa shape index (κ1) is 12.4. The van der Waals surface area contributed by atoms with Crippen LogP contribution in [0.3, 0.4) is 0 Å². The molecule has 0 spiro atoms. The summed E-state index contributed by atoms with van der Waals surface area (Å²) in [6.45, 7) is 0.0134. The van der Waals surface area contributed by atoms with Crippen LogP contribution in [-0.4, -0.2) is 24.2 Å². The maximum atomic E-state index is 8.97. The molecule has 4 nitrogen and oxygen atoms in total. The summed E-state index contributed by atoms with van der Waals surface area (Å²) < 4.78 is 5.12. The molecule has 1 N–H and O–H groups in total. The molecule has 0 aliphatic rings. The molecule has 0 amide bonds. The summed E-state index contributed by atoms with van der Waals surface area (Å²) in [7, 11) is 3.59. The fourth-order valence-electron chi connectivity index (χ4n) is 1.65. The third-order valence-electron chi connectivity index (χ3n) is 2.80. The van der Waals surface area contributed by atoms with Crippen LogP contribution in [-0.2, 0) is 6.61 Å². The number of ether oxygens (including phenoxy) is 1. The monoisotopic (exact) mass is 244 g/mol. The minimum absolute atomic E-state index is 0.0134. The van der Waals surface area contributed by atoms with Gasteiger partial charge in [0.15, 0.2) is 0 Å². The number of hydrogen-bond acceptors (Lipinski definition) is 4. The molecule has 0 radical (unpaired) electrons. The highest BCUT2D eigenvalue weighted by atomic mass is 16.5. The summed E-state index contributed by atoms with van der Waals surface area (Å²) in [5.41, 5.74) is 1.84. The van der Waals surface area contributed by atoms with Crippen LogP contribution in [0, 0.1) is 0 Å². The Kier molecular flexibility index (Phi) is 3.79. The van der Waals surface area contributed by atoms with E-state index >= 15 is 0 Å². The molecule has 0 fully saturated rings. The Morgan fingerprint density at radius 2 is 1.89 bits per heavy atom. The first-order valence-corrected chi connectivity index (χ1v) is 5.68. The molecule has 2 aromatic rings. The fourth-order valence-corrected chi connectivity index (χ4v) is 1.65. The zero-order chi connectivity index (χ0) is 13.0. The highest BCUT2D eigenvalue weighted by Gasteiger charge is 2.05. The summed E-state index contributed by atoms with van der Waals surface area (Å²) in [5.74, 6) is 1.66. The zero-order valence-electron chi connectivity index (χ0n) is 10.5. The number of aromatic nitrogens is 1. The topological polar surface area (TPSA) is 45.6 Å². The van der Waals surface area contributed by atoms with Crippen LogP contribution in [0.1, 0.15) is 5.56 Å². The van der Waals surface area contributed by atoms with Crippen molar-refractivity contribution in [3.05, 3.63) is 48.2 Å². The summed E-state index contributed by atoms with van der Waals surface area (Å²) in [6.07, 6.45) is 1.68. The third kappa shape index (κ3) is 2.60. The van der Waals surface area contributed by atoms with E-state index in [9.17, 15) is 0 Å². The van der Waals surface area contributed by atoms with Crippen LogP contribution in [0.2, 0.25) is 0 Å². The van der Waals surface area contributed by atoms with Gasteiger partial charge in [-0.1, -0.05) is 6.07 Å². The molecule has 0 atom stereocenters. The number of nitrogens with zero attached hydrogens (tertiary/aromatic N) is 2. The Labute approximate surface area is 106 Å². The van der Waals surface area contributed by atoms with Gasteiger partial charge in [0.05, 0.1) is 13.7 Å². The number of benzene rings is 1. The molecule has 94 valence electrons. The molecular weight excluding hydrogens is 228 g/mol. The normalized spacial score (nSPS) is 10.2. The largest absolute Gasteiger partial charge is 0.497 e. The van der Waals surface area contributed by atoms with E-state index in [4.69, 9.17) is 9.84 Å². The van der Waals surface area contributed by atoms with Gasteiger partial charge < -0.3 is 14.7 Å². The lowest BCUT2D eigenvalue weighted by molar-refractivity contribution is 0.281. The Bertz CT molecular complexity index is 447. The van der Waals surface area contributed by atoms with Crippen molar-refractivity contribution in [2.24, 2.45) is 0 Å². The minimum atomic E-state index is 0.0134. The van der Waals surface area contributed by atoms with E-state index < -0.39 is 0 Å². The van der Waals surface area contributed by atoms with Gasteiger partial charge in [-0.25, -0.2) is 4.98 Å².